The fourth-order valence-electron chi connectivity index (χ4n) is 1.63. The molecule has 1 fully saturated rings. The molecule has 96 valence electrons. The number of hydrogen-bond acceptors (Lipinski definition) is 4. The molecule has 6 heteroatoms. The molecule has 0 aromatic heterocycles. The number of ketones is 1. The maximum absolute atomic E-state index is 12.1. The van der Waals surface area contributed by atoms with Gasteiger partial charge in [0.25, 0.3) is 0 Å². The van der Waals surface area contributed by atoms with Crippen LogP contribution in [0.25, 0.3) is 0 Å². The van der Waals surface area contributed by atoms with Crippen LogP contribution in [-0.4, -0.2) is 28.9 Å². The molecule has 0 unspecified atom stereocenters. The second-order valence-electron chi connectivity index (χ2n) is 3.81. The fourth-order valence-corrected chi connectivity index (χ4v) is 2.78. The number of Topliss-reactive ketones (excluding diaryl/α,β-unsaturated/α-hetero) is 1. The Morgan fingerprint density at radius 2 is 2.16 bits per heavy atom. The predicted molar refractivity (Wildman–Crippen MR) is 76.3 cm³/mol. The van der Waals surface area contributed by atoms with Gasteiger partial charge in [0, 0.05) is 16.1 Å². The van der Waals surface area contributed by atoms with Gasteiger partial charge in [-0.3, -0.25) is 14.5 Å². The van der Waals surface area contributed by atoms with Crippen LogP contribution in [0.15, 0.2) is 39.8 Å². The van der Waals surface area contributed by atoms with E-state index in [2.05, 4.69) is 15.9 Å². The third kappa shape index (κ3) is 3.25. The number of benzene rings is 1. The van der Waals surface area contributed by atoms with Gasteiger partial charge in [-0.2, -0.15) is 5.26 Å². The SMILES string of the molecule is N#CC=C1SCC(=O)N1CC(=O)c1ccc(Br)cc1. The summed E-state index contributed by atoms with van der Waals surface area (Å²) in [5.41, 5.74) is 0.546. The second-order valence-corrected chi connectivity index (χ2v) is 5.72. The largest absolute Gasteiger partial charge is 0.298 e. The number of halogens is 1. The van der Waals surface area contributed by atoms with E-state index in [1.165, 1.54) is 22.7 Å². The van der Waals surface area contributed by atoms with Crippen LogP contribution in [0.2, 0.25) is 0 Å². The molecular weight excluding hydrogens is 328 g/mol. The number of carbonyl (C=O) groups excluding carboxylic acids is 2. The van der Waals surface area contributed by atoms with E-state index in [-0.39, 0.29) is 24.0 Å². The molecule has 1 aromatic carbocycles. The van der Waals surface area contributed by atoms with Gasteiger partial charge >= 0.3 is 0 Å². The Morgan fingerprint density at radius 3 is 2.79 bits per heavy atom. The minimum absolute atomic E-state index is 0.0268. The predicted octanol–water partition coefficient (Wildman–Crippen LogP) is 2.57. The summed E-state index contributed by atoms with van der Waals surface area (Å²) in [4.78, 5) is 25.1. The minimum Gasteiger partial charge on any atom is -0.298 e. The van der Waals surface area contributed by atoms with Crippen molar-refractivity contribution in [3.05, 3.63) is 45.4 Å². The summed E-state index contributed by atoms with van der Waals surface area (Å²) < 4.78 is 0.891. The van der Waals surface area contributed by atoms with E-state index >= 15 is 0 Å². The number of nitrogens with zero attached hydrogens (tertiary/aromatic N) is 2. The van der Waals surface area contributed by atoms with Crippen LogP contribution in [-0.2, 0) is 4.79 Å². The summed E-state index contributed by atoms with van der Waals surface area (Å²) in [7, 11) is 0. The lowest BCUT2D eigenvalue weighted by Crippen LogP contribution is -2.30. The molecule has 0 radical (unpaired) electrons. The van der Waals surface area contributed by atoms with Crippen molar-refractivity contribution in [1.29, 1.82) is 5.26 Å². The summed E-state index contributed by atoms with van der Waals surface area (Å²) in [6.45, 7) is -0.0268. The zero-order valence-corrected chi connectivity index (χ0v) is 12.2. The molecular formula is C13H9BrN2O2S. The highest BCUT2D eigenvalue weighted by Gasteiger charge is 2.28. The first kappa shape index (κ1) is 13.8. The van der Waals surface area contributed by atoms with Crippen molar-refractivity contribution in [2.24, 2.45) is 0 Å². The molecule has 0 bridgehead atoms. The lowest BCUT2D eigenvalue weighted by atomic mass is 10.1. The Balaban J connectivity index is 2.14. The summed E-state index contributed by atoms with van der Waals surface area (Å²) in [5, 5.41) is 9.18. The third-order valence-corrected chi connectivity index (χ3v) is 4.12. The fraction of sp³-hybridized carbons (Fsp3) is 0.154. The number of carbonyl (C=O) groups is 2. The highest BCUT2D eigenvalue weighted by molar-refractivity contribution is 9.10. The van der Waals surface area contributed by atoms with Crippen LogP contribution >= 0.6 is 27.7 Å². The molecule has 19 heavy (non-hydrogen) atoms. The van der Waals surface area contributed by atoms with Crippen LogP contribution in [0, 0.1) is 11.3 Å². The second kappa shape index (κ2) is 6.04. The van der Waals surface area contributed by atoms with E-state index in [1.54, 1.807) is 24.3 Å². The number of allylic oxidation sites excluding steroid dienone is 1. The third-order valence-electron chi connectivity index (χ3n) is 2.57. The molecule has 1 heterocycles. The van der Waals surface area contributed by atoms with E-state index in [1.807, 2.05) is 6.07 Å². The number of rotatable bonds is 3. The molecule has 0 N–H and O–H groups in total. The Morgan fingerprint density at radius 1 is 1.47 bits per heavy atom. The molecule has 0 atom stereocenters. The Labute approximate surface area is 123 Å². The molecule has 1 amide bonds. The van der Waals surface area contributed by atoms with E-state index in [0.29, 0.717) is 10.6 Å². The van der Waals surface area contributed by atoms with Crippen LogP contribution in [0.1, 0.15) is 10.4 Å². The first-order valence-corrected chi connectivity index (χ1v) is 7.21. The van der Waals surface area contributed by atoms with Crippen molar-refractivity contribution in [2.75, 3.05) is 12.3 Å². The van der Waals surface area contributed by atoms with Gasteiger partial charge in [0.15, 0.2) is 5.78 Å². The van der Waals surface area contributed by atoms with E-state index < -0.39 is 0 Å². The van der Waals surface area contributed by atoms with Crippen molar-refractivity contribution in [1.82, 2.24) is 4.90 Å². The first-order chi connectivity index (χ1) is 9.11. The molecule has 0 saturated carbocycles. The first-order valence-electron chi connectivity index (χ1n) is 5.43. The van der Waals surface area contributed by atoms with Gasteiger partial charge in [-0.15, -0.1) is 0 Å². The average Bonchev–Trinajstić information content (AvgIpc) is 2.73. The highest BCUT2D eigenvalue weighted by Crippen LogP contribution is 2.28. The van der Waals surface area contributed by atoms with Gasteiger partial charge in [-0.05, 0) is 12.1 Å². The van der Waals surface area contributed by atoms with Crippen LogP contribution < -0.4 is 0 Å². The monoisotopic (exact) mass is 336 g/mol. The van der Waals surface area contributed by atoms with E-state index in [9.17, 15) is 9.59 Å². The van der Waals surface area contributed by atoms with Crippen LogP contribution in [0.4, 0.5) is 0 Å². The summed E-state index contributed by atoms with van der Waals surface area (Å²) in [6, 6.07) is 8.85. The molecule has 2 rings (SSSR count). The maximum Gasteiger partial charge on any atom is 0.238 e. The van der Waals surface area contributed by atoms with Crippen LogP contribution in [0.3, 0.4) is 0 Å². The van der Waals surface area contributed by atoms with Gasteiger partial charge < -0.3 is 0 Å². The zero-order chi connectivity index (χ0) is 13.8. The minimum atomic E-state index is -0.146. The van der Waals surface area contributed by atoms with Gasteiger partial charge in [-0.25, -0.2) is 0 Å². The summed E-state index contributed by atoms with van der Waals surface area (Å²) >= 11 is 4.58. The smallest absolute Gasteiger partial charge is 0.238 e. The number of thioether (sulfide) groups is 1. The Hall–Kier alpha value is -1.58. The van der Waals surface area contributed by atoms with Gasteiger partial charge in [0.2, 0.25) is 5.91 Å². The number of hydrogen-bond donors (Lipinski definition) is 0. The summed E-state index contributed by atoms with van der Waals surface area (Å²) in [5.74, 6) is -0.00892. The van der Waals surface area contributed by atoms with Gasteiger partial charge in [-0.1, -0.05) is 39.8 Å². The zero-order valence-electron chi connectivity index (χ0n) is 9.80. The van der Waals surface area contributed by atoms with Crippen molar-refractivity contribution >= 4 is 39.4 Å². The molecule has 0 aliphatic carbocycles. The lowest BCUT2D eigenvalue weighted by molar-refractivity contribution is -0.125. The number of amides is 1. The number of nitriles is 1. The van der Waals surface area contributed by atoms with Crippen molar-refractivity contribution in [2.45, 2.75) is 0 Å². The van der Waals surface area contributed by atoms with Crippen molar-refractivity contribution in [3.8, 4) is 6.07 Å². The summed E-state index contributed by atoms with van der Waals surface area (Å²) in [6.07, 6.45) is 1.30. The topological polar surface area (TPSA) is 61.2 Å². The Bertz CT molecular complexity index is 590. The molecule has 4 nitrogen and oxygen atoms in total. The quantitative estimate of drug-likeness (QED) is 0.628. The Kier molecular flexibility index (Phi) is 4.40. The van der Waals surface area contributed by atoms with E-state index in [4.69, 9.17) is 5.26 Å². The molecule has 0 spiro atoms. The molecule has 1 aliphatic heterocycles. The average molecular weight is 337 g/mol. The standard InChI is InChI=1S/C13H9BrN2O2S/c14-10-3-1-9(2-4-10)11(17)7-16-12(18)8-19-13(16)5-6-15/h1-5H,7-8H2. The van der Waals surface area contributed by atoms with Gasteiger partial charge in [0.05, 0.1) is 23.4 Å². The highest BCUT2D eigenvalue weighted by atomic mass is 79.9. The van der Waals surface area contributed by atoms with E-state index in [0.717, 1.165) is 4.47 Å². The van der Waals surface area contributed by atoms with Crippen molar-refractivity contribution in [3.63, 3.8) is 0 Å². The molecule has 1 aromatic rings. The van der Waals surface area contributed by atoms with Crippen LogP contribution in [0.5, 0.6) is 0 Å². The van der Waals surface area contributed by atoms with Crippen molar-refractivity contribution < 1.29 is 9.59 Å². The normalized spacial score (nSPS) is 16.7. The lowest BCUT2D eigenvalue weighted by Gasteiger charge is -2.15. The molecule has 1 aliphatic rings. The maximum atomic E-state index is 12.1. The molecule has 1 saturated heterocycles. The van der Waals surface area contributed by atoms with Gasteiger partial charge in [0.1, 0.15) is 0 Å².